The Morgan fingerprint density at radius 2 is 1.33 bits per heavy atom. The van der Waals surface area contributed by atoms with E-state index in [0.717, 1.165) is 0 Å². The number of anilines is 1. The van der Waals surface area contributed by atoms with E-state index in [9.17, 15) is 19.8 Å². The van der Waals surface area contributed by atoms with Crippen LogP contribution in [-0.4, -0.2) is 77.8 Å². The lowest BCUT2D eigenvalue weighted by Crippen LogP contribution is -2.35. The van der Waals surface area contributed by atoms with E-state index < -0.39 is 37.2 Å². The largest absolute Gasteiger partial charge is 0.394 e. The van der Waals surface area contributed by atoms with E-state index in [1.807, 2.05) is 0 Å². The van der Waals surface area contributed by atoms with Crippen molar-refractivity contribution in [1.82, 2.24) is 10.6 Å². The van der Waals surface area contributed by atoms with Crippen molar-refractivity contribution in [3.63, 3.8) is 0 Å². The van der Waals surface area contributed by atoms with Crippen molar-refractivity contribution in [3.8, 4) is 0 Å². The van der Waals surface area contributed by atoms with Gasteiger partial charge in [-0.2, -0.15) is 0 Å². The number of rotatable bonds is 9. The lowest BCUT2D eigenvalue weighted by Gasteiger charge is -2.13. The molecule has 0 saturated heterocycles. The lowest BCUT2D eigenvalue weighted by atomic mass is 10.1. The van der Waals surface area contributed by atoms with Crippen LogP contribution in [0.4, 0.5) is 5.69 Å². The zero-order chi connectivity index (χ0) is 18.1. The molecule has 0 saturated carbocycles. The fraction of sp³-hybridized carbons (Fsp3) is 0.467. The molecule has 1 rings (SSSR count). The Kier molecular flexibility index (Phi) is 8.13. The minimum Gasteiger partial charge on any atom is -0.394 e. The SMILES string of the molecule is CNc1cc(C(=O)NCC(O)CO)cc(C(=O)NCC(O)CO)c1. The van der Waals surface area contributed by atoms with Gasteiger partial charge in [0, 0.05) is 37.0 Å². The van der Waals surface area contributed by atoms with Crippen molar-refractivity contribution in [1.29, 1.82) is 0 Å². The van der Waals surface area contributed by atoms with Crippen LogP contribution in [0.5, 0.6) is 0 Å². The summed E-state index contributed by atoms with van der Waals surface area (Å²) in [6, 6.07) is 4.42. The highest BCUT2D eigenvalue weighted by Gasteiger charge is 2.14. The molecule has 0 spiro atoms. The minimum atomic E-state index is -1.07. The maximum Gasteiger partial charge on any atom is 0.251 e. The van der Waals surface area contributed by atoms with Gasteiger partial charge in [0.1, 0.15) is 0 Å². The average molecular weight is 341 g/mol. The van der Waals surface area contributed by atoms with Gasteiger partial charge in [-0.25, -0.2) is 0 Å². The summed E-state index contributed by atoms with van der Waals surface area (Å²) in [5.41, 5.74) is 0.915. The number of hydrogen-bond acceptors (Lipinski definition) is 7. The summed E-state index contributed by atoms with van der Waals surface area (Å²) in [5, 5.41) is 43.7. The van der Waals surface area contributed by atoms with Crippen LogP contribution in [-0.2, 0) is 0 Å². The highest BCUT2D eigenvalue weighted by atomic mass is 16.3. The number of aliphatic hydroxyl groups excluding tert-OH is 4. The molecule has 0 aliphatic carbocycles. The van der Waals surface area contributed by atoms with E-state index in [4.69, 9.17) is 10.2 Å². The Morgan fingerprint density at radius 3 is 1.67 bits per heavy atom. The normalized spacial score (nSPS) is 13.0. The summed E-state index contributed by atoms with van der Waals surface area (Å²) in [7, 11) is 1.63. The van der Waals surface area contributed by atoms with E-state index in [2.05, 4.69) is 16.0 Å². The van der Waals surface area contributed by atoms with Gasteiger partial charge in [-0.3, -0.25) is 9.59 Å². The van der Waals surface area contributed by atoms with E-state index in [1.54, 1.807) is 7.05 Å². The van der Waals surface area contributed by atoms with Crippen molar-refractivity contribution in [2.75, 3.05) is 38.7 Å². The molecule has 2 unspecified atom stereocenters. The first kappa shape index (κ1) is 19.8. The summed E-state index contributed by atoms with van der Waals surface area (Å²) in [4.78, 5) is 24.2. The molecule has 134 valence electrons. The fourth-order valence-corrected chi connectivity index (χ4v) is 1.79. The summed E-state index contributed by atoms with van der Waals surface area (Å²) < 4.78 is 0. The van der Waals surface area contributed by atoms with Crippen LogP contribution < -0.4 is 16.0 Å². The standard InChI is InChI=1S/C15H23N3O6/c1-16-11-3-9(14(23)17-5-12(21)7-19)2-10(4-11)15(24)18-6-13(22)8-20/h2-4,12-13,16,19-22H,5-8H2,1H3,(H,17,23)(H,18,24). The molecule has 0 fully saturated rings. The van der Waals surface area contributed by atoms with Gasteiger partial charge in [-0.05, 0) is 18.2 Å². The first-order chi connectivity index (χ1) is 11.4. The predicted octanol–water partition coefficient (Wildman–Crippen LogP) is -2.11. The summed E-state index contributed by atoms with van der Waals surface area (Å²) >= 11 is 0. The second-order valence-electron chi connectivity index (χ2n) is 5.14. The average Bonchev–Trinajstić information content (AvgIpc) is 2.62. The molecule has 2 atom stereocenters. The molecule has 24 heavy (non-hydrogen) atoms. The van der Waals surface area contributed by atoms with Gasteiger partial charge in [-0.1, -0.05) is 0 Å². The van der Waals surface area contributed by atoms with Gasteiger partial charge >= 0.3 is 0 Å². The second kappa shape index (κ2) is 9.83. The molecule has 7 N–H and O–H groups in total. The molecule has 0 bridgehead atoms. The van der Waals surface area contributed by atoms with Crippen LogP contribution in [0.1, 0.15) is 20.7 Å². The van der Waals surface area contributed by atoms with Crippen LogP contribution in [0.25, 0.3) is 0 Å². The van der Waals surface area contributed by atoms with Gasteiger partial charge in [0.05, 0.1) is 25.4 Å². The van der Waals surface area contributed by atoms with Gasteiger partial charge in [0.25, 0.3) is 11.8 Å². The number of hydrogen-bond donors (Lipinski definition) is 7. The van der Waals surface area contributed by atoms with Crippen molar-refractivity contribution in [2.24, 2.45) is 0 Å². The number of nitrogens with one attached hydrogen (secondary N) is 3. The topological polar surface area (TPSA) is 151 Å². The molecular formula is C15H23N3O6. The molecule has 1 aromatic rings. The van der Waals surface area contributed by atoms with Crippen molar-refractivity contribution >= 4 is 17.5 Å². The number of carbonyl (C=O) groups excluding carboxylic acids is 2. The maximum absolute atomic E-state index is 12.1. The quantitative estimate of drug-likeness (QED) is 0.272. The van der Waals surface area contributed by atoms with Gasteiger partial charge in [-0.15, -0.1) is 0 Å². The van der Waals surface area contributed by atoms with Gasteiger partial charge in [0.2, 0.25) is 0 Å². The first-order valence-electron chi connectivity index (χ1n) is 7.38. The van der Waals surface area contributed by atoms with Crippen molar-refractivity contribution in [2.45, 2.75) is 12.2 Å². The van der Waals surface area contributed by atoms with Crippen molar-refractivity contribution in [3.05, 3.63) is 29.3 Å². The number of carbonyl (C=O) groups is 2. The highest BCUT2D eigenvalue weighted by Crippen LogP contribution is 2.15. The Hall–Kier alpha value is -2.20. The molecular weight excluding hydrogens is 318 g/mol. The Bertz CT molecular complexity index is 522. The molecule has 9 heteroatoms. The number of benzene rings is 1. The van der Waals surface area contributed by atoms with Crippen LogP contribution in [0.3, 0.4) is 0 Å². The van der Waals surface area contributed by atoms with Crippen molar-refractivity contribution < 1.29 is 30.0 Å². The summed E-state index contributed by atoms with van der Waals surface area (Å²) in [5.74, 6) is -1.02. The minimum absolute atomic E-state index is 0.122. The Balaban J connectivity index is 2.87. The molecule has 1 aromatic carbocycles. The van der Waals surface area contributed by atoms with E-state index in [1.165, 1.54) is 18.2 Å². The lowest BCUT2D eigenvalue weighted by molar-refractivity contribution is 0.0800. The highest BCUT2D eigenvalue weighted by molar-refractivity contribution is 6.01. The third-order valence-electron chi connectivity index (χ3n) is 3.16. The molecule has 0 radical (unpaired) electrons. The molecule has 0 aliphatic heterocycles. The Morgan fingerprint density at radius 1 is 0.917 bits per heavy atom. The van der Waals surface area contributed by atoms with E-state index in [-0.39, 0.29) is 24.2 Å². The zero-order valence-corrected chi connectivity index (χ0v) is 13.3. The third-order valence-corrected chi connectivity index (χ3v) is 3.16. The van der Waals surface area contributed by atoms with Gasteiger partial charge < -0.3 is 36.4 Å². The second-order valence-corrected chi connectivity index (χ2v) is 5.14. The molecule has 0 aliphatic rings. The van der Waals surface area contributed by atoms with Crippen LogP contribution in [0, 0.1) is 0 Å². The maximum atomic E-state index is 12.1. The smallest absolute Gasteiger partial charge is 0.251 e. The number of aliphatic hydroxyl groups is 4. The first-order valence-corrected chi connectivity index (χ1v) is 7.38. The predicted molar refractivity (Wildman–Crippen MR) is 86.8 cm³/mol. The van der Waals surface area contributed by atoms with Crippen LogP contribution in [0.15, 0.2) is 18.2 Å². The van der Waals surface area contributed by atoms with Gasteiger partial charge in [0.15, 0.2) is 0 Å². The summed E-state index contributed by atoms with van der Waals surface area (Å²) in [6.45, 7) is -1.19. The monoisotopic (exact) mass is 341 g/mol. The zero-order valence-electron chi connectivity index (χ0n) is 13.3. The molecule has 0 aromatic heterocycles. The third kappa shape index (κ3) is 6.13. The Labute approximate surface area is 139 Å². The number of amides is 2. The van der Waals surface area contributed by atoms with Crippen LogP contribution in [0.2, 0.25) is 0 Å². The molecule has 0 heterocycles. The van der Waals surface area contributed by atoms with Crippen LogP contribution >= 0.6 is 0 Å². The fourth-order valence-electron chi connectivity index (χ4n) is 1.79. The van der Waals surface area contributed by atoms with E-state index >= 15 is 0 Å². The molecule has 2 amide bonds. The van der Waals surface area contributed by atoms with E-state index in [0.29, 0.717) is 5.69 Å². The summed E-state index contributed by atoms with van der Waals surface area (Å²) in [6.07, 6.45) is -2.13. The molecule has 9 nitrogen and oxygen atoms in total.